The van der Waals surface area contributed by atoms with Crippen molar-refractivity contribution in [1.82, 2.24) is 0 Å². The fraction of sp³-hybridized carbons (Fsp3) is 0.400. The molecule has 0 saturated carbocycles. The summed E-state index contributed by atoms with van der Waals surface area (Å²) in [4.78, 5) is 10.7. The van der Waals surface area contributed by atoms with Crippen LogP contribution in [0.3, 0.4) is 0 Å². The zero-order valence-corrected chi connectivity index (χ0v) is 8.13. The van der Waals surface area contributed by atoms with E-state index in [1.165, 1.54) is 13.6 Å². The number of halogens is 2. The molecule has 0 spiro atoms. The first-order valence-electron chi connectivity index (χ1n) is 2.48. The van der Waals surface area contributed by atoms with Crippen LogP contribution in [-0.4, -0.2) is 12.6 Å². The Morgan fingerprint density at radius 2 is 2.00 bits per heavy atom. The first-order valence-corrected chi connectivity index (χ1v) is 6.44. The Morgan fingerprint density at radius 1 is 1.60 bits per heavy atom. The van der Waals surface area contributed by atoms with E-state index in [9.17, 15) is 4.79 Å². The fourth-order valence-electron chi connectivity index (χ4n) is 0.224. The molecule has 0 radical (unpaired) electrons. The molecule has 0 N–H and O–H groups in total. The number of hydrogen-bond donors (Lipinski definition) is 0. The molecule has 0 aliphatic rings. The Morgan fingerprint density at radius 3 is 2.10 bits per heavy atom. The van der Waals surface area contributed by atoms with Gasteiger partial charge in [-0.2, -0.15) is 0 Å². The van der Waals surface area contributed by atoms with E-state index in [-0.39, 0.29) is 0 Å². The van der Waals surface area contributed by atoms with E-state index in [4.69, 9.17) is 22.5 Å². The predicted octanol–water partition coefficient (Wildman–Crippen LogP) is 2.98. The molecule has 0 heterocycles. The molecule has 0 aromatic carbocycles. The molecule has 0 unspecified atom stereocenters. The maximum atomic E-state index is 10.7. The number of rotatable bonds is 2. The fourth-order valence-corrected chi connectivity index (χ4v) is 1.05. The van der Waals surface area contributed by atoms with Crippen LogP contribution in [0.4, 0.5) is 0 Å². The highest BCUT2D eigenvalue weighted by Crippen LogP contribution is 2.66. The molecule has 0 aliphatic carbocycles. The highest BCUT2D eigenvalue weighted by molar-refractivity contribution is 8.13. The van der Waals surface area contributed by atoms with Crippen molar-refractivity contribution in [2.24, 2.45) is 0 Å². The largest absolute Gasteiger partial charge is 0.385 e. The van der Waals surface area contributed by atoms with Crippen LogP contribution in [0, 0.1) is 0 Å². The second-order valence-corrected chi connectivity index (χ2v) is 7.90. The summed E-state index contributed by atoms with van der Waals surface area (Å²) < 4.78 is 4.60. The third-order valence-electron chi connectivity index (χ3n) is 0.592. The van der Waals surface area contributed by atoms with Gasteiger partial charge in [0.15, 0.2) is 22.5 Å². The first-order chi connectivity index (χ1) is 4.33. The van der Waals surface area contributed by atoms with Crippen molar-refractivity contribution in [3.63, 3.8) is 0 Å². The van der Waals surface area contributed by atoms with Crippen LogP contribution in [0.2, 0.25) is 0 Å². The van der Waals surface area contributed by atoms with Crippen molar-refractivity contribution in [3.8, 4) is 0 Å². The number of hydrogen-bond acceptors (Lipinski definition) is 2. The molecule has 0 aliphatic heterocycles. The van der Waals surface area contributed by atoms with E-state index in [1.807, 2.05) is 0 Å². The minimum atomic E-state index is -2.49. The molecule has 2 nitrogen and oxygen atoms in total. The van der Waals surface area contributed by atoms with Crippen molar-refractivity contribution >= 4 is 34.6 Å². The quantitative estimate of drug-likeness (QED) is 0.508. The summed E-state index contributed by atoms with van der Waals surface area (Å²) in [6.45, 7) is 6.37. The van der Waals surface area contributed by atoms with Gasteiger partial charge in [-0.3, -0.25) is 4.52 Å². The maximum Gasteiger partial charge on any atom is 0.385 e. The summed E-state index contributed by atoms with van der Waals surface area (Å²) >= 11 is 10.9. The number of carbonyl (C=O) groups is 1. The van der Waals surface area contributed by atoms with Crippen LogP contribution in [0.5, 0.6) is 0 Å². The lowest BCUT2D eigenvalue weighted by Gasteiger charge is -2.01. The standard InChI is InChI=1S/C5H8Cl2O2P/c1-4(2)5(8)9-10(3,6)7/h1H2,2-3H3/q+1. The summed E-state index contributed by atoms with van der Waals surface area (Å²) in [5, 5.41) is 0. The average molecular weight is 202 g/mol. The highest BCUT2D eigenvalue weighted by Gasteiger charge is 2.33. The minimum absolute atomic E-state index is 0.299. The molecule has 0 atom stereocenters. The van der Waals surface area contributed by atoms with Gasteiger partial charge in [0, 0.05) is 5.57 Å². The van der Waals surface area contributed by atoms with Gasteiger partial charge >= 0.3 is 12.2 Å². The van der Waals surface area contributed by atoms with Gasteiger partial charge < -0.3 is 0 Å². The van der Waals surface area contributed by atoms with Gasteiger partial charge in [0.25, 0.3) is 0 Å². The maximum absolute atomic E-state index is 10.7. The van der Waals surface area contributed by atoms with Crippen LogP contribution in [0.1, 0.15) is 6.92 Å². The van der Waals surface area contributed by atoms with Crippen LogP contribution in [0.15, 0.2) is 12.2 Å². The first kappa shape index (κ1) is 10.2. The van der Waals surface area contributed by atoms with Crippen LogP contribution >= 0.6 is 28.7 Å². The predicted molar refractivity (Wildman–Crippen MR) is 45.5 cm³/mol. The van der Waals surface area contributed by atoms with Crippen molar-refractivity contribution in [2.75, 3.05) is 6.66 Å². The molecule has 58 valence electrons. The Hall–Kier alpha value is 0.220. The van der Waals surface area contributed by atoms with E-state index >= 15 is 0 Å². The molecule has 0 bridgehead atoms. The van der Waals surface area contributed by atoms with Crippen molar-refractivity contribution in [3.05, 3.63) is 12.2 Å². The third-order valence-corrected chi connectivity index (χ3v) is 1.49. The smallest absolute Gasteiger partial charge is 0.272 e. The SMILES string of the molecule is C=C(C)C(=O)O[P+](C)(Cl)Cl. The minimum Gasteiger partial charge on any atom is -0.272 e. The van der Waals surface area contributed by atoms with Crippen LogP contribution in [0.25, 0.3) is 0 Å². The second-order valence-electron chi connectivity index (χ2n) is 1.88. The lowest BCUT2D eigenvalue weighted by molar-refractivity contribution is -0.129. The average Bonchev–Trinajstić information content (AvgIpc) is 1.60. The van der Waals surface area contributed by atoms with Gasteiger partial charge in [0.05, 0.1) is 0 Å². The topological polar surface area (TPSA) is 26.3 Å². The normalized spacial score (nSPS) is 10.8. The molecule has 0 saturated heterocycles. The molecule has 0 amide bonds. The summed E-state index contributed by atoms with van der Waals surface area (Å²) in [6.07, 6.45) is -2.49. The van der Waals surface area contributed by atoms with E-state index in [2.05, 4.69) is 11.1 Å². The summed E-state index contributed by atoms with van der Waals surface area (Å²) in [5.74, 6) is -0.541. The molecule has 5 heteroatoms. The van der Waals surface area contributed by atoms with E-state index in [0.717, 1.165) is 0 Å². The highest BCUT2D eigenvalue weighted by atomic mass is 35.9. The van der Waals surface area contributed by atoms with E-state index in [0.29, 0.717) is 5.57 Å². The molecule has 0 fully saturated rings. The molecule has 10 heavy (non-hydrogen) atoms. The monoisotopic (exact) mass is 201 g/mol. The molecule has 0 aromatic heterocycles. The Bertz CT molecular complexity index is 162. The van der Waals surface area contributed by atoms with E-state index in [1.54, 1.807) is 0 Å². The third kappa shape index (κ3) is 5.04. The van der Waals surface area contributed by atoms with E-state index < -0.39 is 12.2 Å². The molecule has 0 rings (SSSR count). The van der Waals surface area contributed by atoms with Gasteiger partial charge in [0.1, 0.15) is 6.66 Å². The van der Waals surface area contributed by atoms with Crippen molar-refractivity contribution in [1.29, 1.82) is 0 Å². The van der Waals surface area contributed by atoms with Gasteiger partial charge in [-0.25, -0.2) is 4.79 Å². The lowest BCUT2D eigenvalue weighted by atomic mass is 10.4. The molecular formula is C5H8Cl2O2P+. The van der Waals surface area contributed by atoms with Crippen molar-refractivity contribution < 1.29 is 9.32 Å². The molecular weight excluding hydrogens is 194 g/mol. The summed E-state index contributed by atoms with van der Waals surface area (Å²) in [5.41, 5.74) is 0.299. The Balaban J connectivity index is 3.93. The molecule has 0 aromatic rings. The van der Waals surface area contributed by atoms with Crippen molar-refractivity contribution in [2.45, 2.75) is 6.92 Å². The van der Waals surface area contributed by atoms with Gasteiger partial charge in [-0.15, -0.1) is 0 Å². The van der Waals surface area contributed by atoms with Crippen LogP contribution < -0.4 is 0 Å². The second kappa shape index (κ2) is 3.56. The zero-order chi connectivity index (χ0) is 8.36. The van der Waals surface area contributed by atoms with Gasteiger partial charge in [-0.05, 0) is 6.92 Å². The number of carbonyl (C=O) groups excluding carboxylic acids is 1. The Labute approximate surface area is 70.1 Å². The Kier molecular flexibility index (Phi) is 3.64. The summed E-state index contributed by atoms with van der Waals surface area (Å²) in [7, 11) is 0. The zero-order valence-electron chi connectivity index (χ0n) is 5.73. The lowest BCUT2D eigenvalue weighted by Crippen LogP contribution is -2.00. The van der Waals surface area contributed by atoms with Crippen LogP contribution in [-0.2, 0) is 9.32 Å². The van der Waals surface area contributed by atoms with Gasteiger partial charge in [-0.1, -0.05) is 6.58 Å². The van der Waals surface area contributed by atoms with Gasteiger partial charge in [0.2, 0.25) is 0 Å². The summed E-state index contributed by atoms with van der Waals surface area (Å²) in [6, 6.07) is 0.